The monoisotopic (exact) mass is 588 g/mol. The number of likely N-dealkylation sites (tertiary alicyclic amines) is 1. The highest BCUT2D eigenvalue weighted by molar-refractivity contribution is 5.56. The van der Waals surface area contributed by atoms with Crippen molar-refractivity contribution in [2.24, 2.45) is 23.7 Å². The maximum absolute atomic E-state index is 14.2. The van der Waals surface area contributed by atoms with Crippen molar-refractivity contribution in [1.29, 1.82) is 0 Å². The lowest BCUT2D eigenvalue weighted by atomic mass is 9.65. The van der Waals surface area contributed by atoms with Crippen molar-refractivity contribution >= 4 is 5.52 Å². The van der Waals surface area contributed by atoms with E-state index in [-0.39, 0.29) is 49.3 Å². The predicted molar refractivity (Wildman–Crippen MR) is 141 cm³/mol. The number of nitrogens with one attached hydrogen (secondary N) is 2. The molecular weight excluding hydrogens is 550 g/mol. The van der Waals surface area contributed by atoms with Crippen LogP contribution in [-0.2, 0) is 12.7 Å². The topological polar surface area (TPSA) is 56.9 Å². The number of nitrogens with zero attached hydrogens (tertiary/aromatic N) is 4. The number of alkyl halides is 6. The van der Waals surface area contributed by atoms with Crippen molar-refractivity contribution in [2.75, 3.05) is 26.8 Å². The van der Waals surface area contributed by atoms with Crippen LogP contribution in [0.15, 0.2) is 23.3 Å². The van der Waals surface area contributed by atoms with Gasteiger partial charge in [0.1, 0.15) is 0 Å². The molecule has 4 heterocycles. The molecule has 6 rings (SSSR count). The number of imidazole rings is 1. The lowest BCUT2D eigenvalue weighted by Gasteiger charge is -2.46. The summed E-state index contributed by atoms with van der Waals surface area (Å²) < 4.78 is 84.7. The Labute approximate surface area is 234 Å². The number of pyridine rings is 1. The number of fused-ring (bicyclic) bond motifs is 1. The van der Waals surface area contributed by atoms with E-state index in [1.165, 1.54) is 41.1 Å². The van der Waals surface area contributed by atoms with Gasteiger partial charge >= 0.3 is 18.0 Å². The summed E-state index contributed by atoms with van der Waals surface area (Å²) in [7, 11) is 2.08. The zero-order valence-corrected chi connectivity index (χ0v) is 23.1. The molecule has 0 spiro atoms. The highest BCUT2D eigenvalue weighted by Gasteiger charge is 2.45. The zero-order valence-electron chi connectivity index (χ0n) is 23.1. The second-order valence-electron chi connectivity index (χ2n) is 12.6. The second-order valence-corrected chi connectivity index (χ2v) is 12.6. The third-order valence-electron chi connectivity index (χ3n) is 10.0. The summed E-state index contributed by atoms with van der Waals surface area (Å²) in [5.74, 6) is -0.179. The highest BCUT2D eigenvalue weighted by atomic mass is 19.4. The van der Waals surface area contributed by atoms with Gasteiger partial charge in [0.2, 0.25) is 0 Å². The first-order valence-electron chi connectivity index (χ1n) is 14.7. The van der Waals surface area contributed by atoms with E-state index in [1.807, 2.05) is 0 Å². The maximum atomic E-state index is 14.2. The minimum atomic E-state index is -4.71. The molecule has 3 unspecified atom stereocenters. The fourth-order valence-corrected chi connectivity index (χ4v) is 7.74. The number of hydrogen-bond donors (Lipinski definition) is 2. The maximum Gasteiger partial charge on any atom is 0.418 e. The minimum absolute atomic E-state index is 0.0757. The van der Waals surface area contributed by atoms with E-state index in [0.717, 1.165) is 42.8 Å². The normalized spacial score (nSPS) is 29.8. The first-order valence-corrected chi connectivity index (χ1v) is 14.7. The summed E-state index contributed by atoms with van der Waals surface area (Å²) in [6.07, 6.45) is 0.698. The molecule has 0 radical (unpaired) electrons. The van der Waals surface area contributed by atoms with Crippen molar-refractivity contribution < 1.29 is 26.3 Å². The van der Waals surface area contributed by atoms with Gasteiger partial charge in [0, 0.05) is 31.5 Å². The lowest BCUT2D eigenvalue weighted by molar-refractivity contribution is -0.170. The van der Waals surface area contributed by atoms with E-state index in [1.54, 1.807) is 0 Å². The van der Waals surface area contributed by atoms with Gasteiger partial charge in [0.15, 0.2) is 0 Å². The predicted octanol–water partition coefficient (Wildman–Crippen LogP) is 4.97. The Kier molecular flexibility index (Phi) is 7.69. The van der Waals surface area contributed by atoms with Gasteiger partial charge in [-0.1, -0.05) is 25.7 Å². The molecule has 0 aromatic carbocycles. The van der Waals surface area contributed by atoms with E-state index in [2.05, 4.69) is 22.8 Å². The fourth-order valence-electron chi connectivity index (χ4n) is 7.74. The molecule has 2 saturated heterocycles. The number of aromatic nitrogens is 2. The van der Waals surface area contributed by atoms with Crippen LogP contribution in [0.2, 0.25) is 0 Å². The van der Waals surface area contributed by atoms with Gasteiger partial charge in [-0.15, -0.1) is 0 Å². The number of rotatable bonds is 6. The number of hydrazine groups is 1. The third kappa shape index (κ3) is 5.66. The van der Waals surface area contributed by atoms with Gasteiger partial charge in [0.05, 0.1) is 29.8 Å². The summed E-state index contributed by atoms with van der Waals surface area (Å²) in [5, 5.41) is 0. The van der Waals surface area contributed by atoms with E-state index in [0.29, 0.717) is 17.8 Å². The second kappa shape index (κ2) is 10.9. The largest absolute Gasteiger partial charge is 0.418 e. The Bertz CT molecular complexity index is 1300. The van der Waals surface area contributed by atoms with Crippen molar-refractivity contribution in [3.63, 3.8) is 0 Å². The molecule has 2 aromatic heterocycles. The molecule has 4 fully saturated rings. The lowest BCUT2D eigenvalue weighted by Crippen LogP contribution is -2.50. The Morgan fingerprint density at radius 3 is 2.34 bits per heavy atom. The zero-order chi connectivity index (χ0) is 29.1. The molecule has 2 N–H and O–H groups in total. The molecule has 228 valence electrons. The molecule has 2 saturated carbocycles. The molecule has 2 aliphatic carbocycles. The summed E-state index contributed by atoms with van der Waals surface area (Å²) in [6.45, 7) is 0.551. The Morgan fingerprint density at radius 1 is 1.00 bits per heavy atom. The van der Waals surface area contributed by atoms with Crippen LogP contribution < -0.4 is 16.5 Å². The molecule has 4 aliphatic rings. The van der Waals surface area contributed by atoms with E-state index < -0.39 is 29.5 Å². The first-order chi connectivity index (χ1) is 19.4. The van der Waals surface area contributed by atoms with Crippen LogP contribution in [-0.4, -0.2) is 57.9 Å². The van der Waals surface area contributed by atoms with E-state index >= 15 is 0 Å². The molecule has 41 heavy (non-hydrogen) atoms. The fraction of sp³-hybridized carbons (Fsp3) is 0.750. The number of hydrogen-bond acceptors (Lipinski definition) is 5. The summed E-state index contributed by atoms with van der Waals surface area (Å²) in [4.78, 5) is 17.4. The summed E-state index contributed by atoms with van der Waals surface area (Å²) in [6, 6.07) is 0.782. The molecule has 5 atom stereocenters. The van der Waals surface area contributed by atoms with Crippen molar-refractivity contribution in [1.82, 2.24) is 29.6 Å². The standard InChI is InChI=1S/C28H38F6N6O/c1-37-16-35-36-25(37)24(18-4-2-5-18)19-6-3-7-21(11-19)39-15-23-22(28(32,33)34)10-17(13-40(23)26(39)41)12-38-9-8-20(14-38)27(29,30)31/h10,13,15,18-21,24-25,35-36H,2-9,11-12,14,16H2,1H3/t19?,20-,21?,24+,25?/m0/s1. The van der Waals surface area contributed by atoms with Crippen LogP contribution in [0.3, 0.4) is 0 Å². The van der Waals surface area contributed by atoms with Crippen LogP contribution in [0, 0.1) is 23.7 Å². The van der Waals surface area contributed by atoms with Crippen LogP contribution in [0.4, 0.5) is 26.3 Å². The van der Waals surface area contributed by atoms with E-state index in [4.69, 9.17) is 0 Å². The first kappa shape index (κ1) is 29.0. The SMILES string of the molecule is CN1CNNC1[C@H](C1CCC1)C1CCCC(n2cc3c(C(F)(F)F)cc(CN4CC[C@H](C(F)(F)F)C4)cn3c2=O)C1. The van der Waals surface area contributed by atoms with Gasteiger partial charge in [-0.25, -0.2) is 15.6 Å². The third-order valence-corrected chi connectivity index (χ3v) is 10.0. The van der Waals surface area contributed by atoms with Crippen LogP contribution in [0.5, 0.6) is 0 Å². The van der Waals surface area contributed by atoms with Gasteiger partial charge in [-0.2, -0.15) is 26.3 Å². The van der Waals surface area contributed by atoms with Crippen LogP contribution >= 0.6 is 0 Å². The van der Waals surface area contributed by atoms with E-state index in [9.17, 15) is 31.1 Å². The van der Waals surface area contributed by atoms with Gasteiger partial charge < -0.3 is 0 Å². The van der Waals surface area contributed by atoms with Crippen LogP contribution in [0.1, 0.15) is 68.5 Å². The Balaban J connectivity index is 1.29. The summed E-state index contributed by atoms with van der Waals surface area (Å²) >= 11 is 0. The van der Waals surface area contributed by atoms with Crippen molar-refractivity contribution in [3.8, 4) is 0 Å². The molecule has 0 bridgehead atoms. The average Bonchev–Trinajstić information content (AvgIpc) is 3.60. The molecule has 2 aliphatic heterocycles. The van der Waals surface area contributed by atoms with Crippen molar-refractivity contribution in [2.45, 2.75) is 82.5 Å². The minimum Gasteiger partial charge on any atom is -0.298 e. The molecule has 0 amide bonds. The Hall–Kier alpha value is -2.09. The van der Waals surface area contributed by atoms with Gasteiger partial charge in [-0.05, 0) is 68.7 Å². The molecule has 2 aromatic rings. The Morgan fingerprint density at radius 2 is 1.73 bits per heavy atom. The number of halogens is 6. The van der Waals surface area contributed by atoms with Gasteiger partial charge in [-0.3, -0.25) is 18.8 Å². The summed E-state index contributed by atoms with van der Waals surface area (Å²) in [5.41, 5.74) is 5.17. The average molecular weight is 589 g/mol. The highest BCUT2D eigenvalue weighted by Crippen LogP contribution is 2.47. The van der Waals surface area contributed by atoms with Crippen molar-refractivity contribution in [3.05, 3.63) is 40.1 Å². The smallest absolute Gasteiger partial charge is 0.298 e. The molecular formula is C28H38F6N6O. The molecule has 13 heteroatoms. The van der Waals surface area contributed by atoms with Crippen LogP contribution in [0.25, 0.3) is 5.52 Å². The molecule has 7 nitrogen and oxygen atoms in total. The van der Waals surface area contributed by atoms with Gasteiger partial charge in [0.25, 0.3) is 0 Å². The quantitative estimate of drug-likeness (QED) is 0.467.